The molecule has 24 heavy (non-hydrogen) atoms. The van der Waals surface area contributed by atoms with E-state index in [1.165, 1.54) is 6.42 Å². The van der Waals surface area contributed by atoms with E-state index in [0.717, 1.165) is 56.5 Å². The maximum absolute atomic E-state index is 12.5. The first kappa shape index (κ1) is 17.6. The molecule has 134 valence electrons. The molecule has 0 N–H and O–H groups in total. The van der Waals surface area contributed by atoms with Crippen LogP contribution < -0.4 is 4.90 Å². The summed E-state index contributed by atoms with van der Waals surface area (Å²) >= 11 is 1.67. The average Bonchev–Trinajstić information content (AvgIpc) is 3.06. The van der Waals surface area contributed by atoms with Gasteiger partial charge >= 0.3 is 0 Å². The summed E-state index contributed by atoms with van der Waals surface area (Å²) in [6.45, 7) is 8.31. The minimum absolute atomic E-state index is 0.0841. The van der Waals surface area contributed by atoms with Crippen LogP contribution in [0.1, 0.15) is 31.9 Å². The number of aryl methyl sites for hydroxylation is 1. The van der Waals surface area contributed by atoms with Crippen molar-refractivity contribution in [3.63, 3.8) is 0 Å². The van der Waals surface area contributed by atoms with Crippen molar-refractivity contribution < 1.29 is 14.3 Å². The van der Waals surface area contributed by atoms with Crippen LogP contribution in [0, 0.1) is 6.92 Å². The lowest BCUT2D eigenvalue weighted by Crippen LogP contribution is -2.51. The van der Waals surface area contributed by atoms with E-state index in [-0.39, 0.29) is 12.0 Å². The second-order valence-corrected chi connectivity index (χ2v) is 7.38. The van der Waals surface area contributed by atoms with Gasteiger partial charge in [-0.05, 0) is 33.1 Å². The summed E-state index contributed by atoms with van der Waals surface area (Å²) in [5.74, 6) is 0.0841. The molecule has 2 unspecified atom stereocenters. The maximum atomic E-state index is 12.5. The average molecular weight is 353 g/mol. The number of piperazine rings is 1. The van der Waals surface area contributed by atoms with E-state index in [2.05, 4.69) is 15.3 Å². The van der Waals surface area contributed by atoms with Crippen LogP contribution in [0.2, 0.25) is 0 Å². The third-order valence-electron chi connectivity index (χ3n) is 4.62. The largest absolute Gasteiger partial charge is 0.376 e. The Morgan fingerprint density at radius 2 is 2.21 bits per heavy atom. The van der Waals surface area contributed by atoms with E-state index < -0.39 is 6.10 Å². The second kappa shape index (κ2) is 8.27. The number of anilines is 1. The van der Waals surface area contributed by atoms with Gasteiger partial charge in [0.05, 0.1) is 18.4 Å². The third-order valence-corrected chi connectivity index (χ3v) is 5.64. The summed E-state index contributed by atoms with van der Waals surface area (Å²) in [6.07, 6.45) is 3.11. The molecule has 1 amide bonds. The number of amides is 1. The molecule has 2 aliphatic rings. The standard InChI is InChI=1S/C17H27N3O3S/c1-13-12-24-17(18-13)20-8-6-19(7-9-20)16(21)14(2)23-11-15-5-3-4-10-22-15/h12,14-15H,3-11H2,1-2H3. The van der Waals surface area contributed by atoms with Crippen LogP contribution >= 0.6 is 11.3 Å². The van der Waals surface area contributed by atoms with E-state index in [4.69, 9.17) is 9.47 Å². The highest BCUT2D eigenvalue weighted by Gasteiger charge is 2.27. The van der Waals surface area contributed by atoms with Gasteiger partial charge in [-0.25, -0.2) is 4.98 Å². The molecular weight excluding hydrogens is 326 g/mol. The minimum atomic E-state index is -0.399. The Bertz CT molecular complexity index is 537. The zero-order chi connectivity index (χ0) is 16.9. The van der Waals surface area contributed by atoms with Crippen LogP contribution in [-0.2, 0) is 14.3 Å². The number of aromatic nitrogens is 1. The highest BCUT2D eigenvalue weighted by Crippen LogP contribution is 2.21. The Labute approximate surface area is 147 Å². The van der Waals surface area contributed by atoms with E-state index in [0.29, 0.717) is 6.61 Å². The first-order valence-electron chi connectivity index (χ1n) is 8.82. The summed E-state index contributed by atoms with van der Waals surface area (Å²) in [5.41, 5.74) is 1.06. The lowest BCUT2D eigenvalue weighted by atomic mass is 10.1. The highest BCUT2D eigenvalue weighted by atomic mass is 32.1. The van der Waals surface area contributed by atoms with Crippen molar-refractivity contribution in [2.75, 3.05) is 44.3 Å². The predicted octanol–water partition coefficient (Wildman–Crippen LogP) is 2.07. The molecule has 0 aromatic carbocycles. The summed E-state index contributed by atoms with van der Waals surface area (Å²) in [7, 11) is 0. The molecule has 6 nitrogen and oxygen atoms in total. The number of hydrogen-bond donors (Lipinski definition) is 0. The van der Waals surface area contributed by atoms with E-state index in [9.17, 15) is 4.79 Å². The number of carbonyl (C=O) groups is 1. The molecule has 2 saturated heterocycles. The molecule has 0 bridgehead atoms. The molecule has 2 aliphatic heterocycles. The Hall–Kier alpha value is -1.18. The van der Waals surface area contributed by atoms with E-state index >= 15 is 0 Å². The fourth-order valence-corrected chi connectivity index (χ4v) is 3.98. The first-order valence-corrected chi connectivity index (χ1v) is 9.70. The monoisotopic (exact) mass is 353 g/mol. The van der Waals surface area contributed by atoms with Gasteiger partial charge in [0, 0.05) is 38.2 Å². The highest BCUT2D eigenvalue weighted by molar-refractivity contribution is 7.13. The minimum Gasteiger partial charge on any atom is -0.376 e. The van der Waals surface area contributed by atoms with Crippen LogP contribution in [-0.4, -0.2) is 67.4 Å². The van der Waals surface area contributed by atoms with E-state index in [1.807, 2.05) is 18.7 Å². The van der Waals surface area contributed by atoms with Crippen LogP contribution in [0.25, 0.3) is 0 Å². The Balaban J connectivity index is 1.42. The summed E-state index contributed by atoms with van der Waals surface area (Å²) in [5, 5.41) is 3.12. The number of rotatable bonds is 5. The fraction of sp³-hybridized carbons (Fsp3) is 0.765. The molecule has 0 aliphatic carbocycles. The fourth-order valence-electron chi connectivity index (χ4n) is 3.12. The predicted molar refractivity (Wildman–Crippen MR) is 94.6 cm³/mol. The molecule has 2 atom stereocenters. The van der Waals surface area contributed by atoms with Gasteiger partial charge in [0.25, 0.3) is 5.91 Å². The van der Waals surface area contributed by atoms with Gasteiger partial charge in [-0.2, -0.15) is 0 Å². The van der Waals surface area contributed by atoms with Gasteiger partial charge in [0.2, 0.25) is 0 Å². The van der Waals surface area contributed by atoms with Crippen LogP contribution in [0.4, 0.5) is 5.13 Å². The summed E-state index contributed by atoms with van der Waals surface area (Å²) < 4.78 is 11.4. The molecule has 0 radical (unpaired) electrons. The number of hydrogen-bond acceptors (Lipinski definition) is 6. The van der Waals surface area contributed by atoms with Crippen LogP contribution in [0.5, 0.6) is 0 Å². The Morgan fingerprint density at radius 3 is 2.83 bits per heavy atom. The number of thiazole rings is 1. The van der Waals surface area contributed by atoms with Gasteiger partial charge in [0.15, 0.2) is 5.13 Å². The van der Waals surface area contributed by atoms with Crippen molar-refractivity contribution in [2.24, 2.45) is 0 Å². The van der Waals surface area contributed by atoms with Crippen molar-refractivity contribution in [1.82, 2.24) is 9.88 Å². The molecule has 1 aromatic heterocycles. The van der Waals surface area contributed by atoms with Gasteiger partial charge < -0.3 is 19.3 Å². The normalized spacial score (nSPS) is 23.3. The van der Waals surface area contributed by atoms with Gasteiger partial charge in [-0.3, -0.25) is 4.79 Å². The molecular formula is C17H27N3O3S. The lowest BCUT2D eigenvalue weighted by molar-refractivity contribution is -0.146. The van der Waals surface area contributed by atoms with Crippen molar-refractivity contribution >= 4 is 22.4 Å². The van der Waals surface area contributed by atoms with E-state index in [1.54, 1.807) is 11.3 Å². The van der Waals surface area contributed by atoms with Crippen LogP contribution in [0.15, 0.2) is 5.38 Å². The summed E-state index contributed by atoms with van der Waals surface area (Å²) in [4.78, 5) is 21.2. The zero-order valence-electron chi connectivity index (χ0n) is 14.6. The van der Waals surface area contributed by atoms with Crippen molar-refractivity contribution in [3.8, 4) is 0 Å². The zero-order valence-corrected chi connectivity index (χ0v) is 15.4. The smallest absolute Gasteiger partial charge is 0.251 e. The van der Waals surface area contributed by atoms with Crippen molar-refractivity contribution in [3.05, 3.63) is 11.1 Å². The Kier molecular flexibility index (Phi) is 6.08. The summed E-state index contributed by atoms with van der Waals surface area (Å²) in [6, 6.07) is 0. The second-order valence-electron chi connectivity index (χ2n) is 6.55. The van der Waals surface area contributed by atoms with Crippen molar-refractivity contribution in [1.29, 1.82) is 0 Å². The van der Waals surface area contributed by atoms with Crippen LogP contribution in [0.3, 0.4) is 0 Å². The van der Waals surface area contributed by atoms with Gasteiger partial charge in [-0.15, -0.1) is 11.3 Å². The first-order chi connectivity index (χ1) is 11.6. The molecule has 3 rings (SSSR count). The number of ether oxygens (including phenoxy) is 2. The van der Waals surface area contributed by atoms with Gasteiger partial charge in [0.1, 0.15) is 6.10 Å². The Morgan fingerprint density at radius 1 is 1.42 bits per heavy atom. The molecule has 1 aromatic rings. The number of carbonyl (C=O) groups excluding carboxylic acids is 1. The molecule has 0 spiro atoms. The third kappa shape index (κ3) is 4.46. The number of nitrogens with zero attached hydrogens (tertiary/aromatic N) is 3. The quantitative estimate of drug-likeness (QED) is 0.811. The van der Waals surface area contributed by atoms with Crippen molar-refractivity contribution in [2.45, 2.75) is 45.3 Å². The SMILES string of the molecule is Cc1csc(N2CCN(C(=O)C(C)OCC3CCCCO3)CC2)n1. The molecule has 2 fully saturated rings. The molecule has 3 heterocycles. The maximum Gasteiger partial charge on any atom is 0.251 e. The molecule has 7 heteroatoms. The van der Waals surface area contributed by atoms with Gasteiger partial charge in [-0.1, -0.05) is 0 Å². The lowest BCUT2D eigenvalue weighted by Gasteiger charge is -2.36. The molecule has 0 saturated carbocycles. The topological polar surface area (TPSA) is 54.9 Å².